The molecule has 0 N–H and O–H groups in total. The van der Waals surface area contributed by atoms with Crippen LogP contribution in [0.4, 0.5) is 0 Å². The number of thiophene rings is 1. The lowest BCUT2D eigenvalue weighted by atomic mass is 10.3. The maximum absolute atomic E-state index is 4.66. The van der Waals surface area contributed by atoms with Gasteiger partial charge in [-0.1, -0.05) is 0 Å². The predicted octanol–water partition coefficient (Wildman–Crippen LogP) is 3.11. The molecule has 5 heteroatoms. The normalized spacial score (nSPS) is 15.7. The Kier molecular flexibility index (Phi) is 4.66. The Morgan fingerprint density at radius 3 is 2.82 bits per heavy atom. The first kappa shape index (κ1) is 15.7. The molecule has 0 fully saturated rings. The van der Waals surface area contributed by atoms with Crippen molar-refractivity contribution in [2.75, 3.05) is 13.6 Å². The van der Waals surface area contributed by atoms with Crippen molar-refractivity contribution in [3.8, 4) is 0 Å². The summed E-state index contributed by atoms with van der Waals surface area (Å²) < 4.78 is 2.41. The molecule has 1 aliphatic rings. The third kappa shape index (κ3) is 3.42. The molecule has 0 saturated carbocycles. The number of aromatic nitrogens is 2. The summed E-state index contributed by atoms with van der Waals surface area (Å²) in [6, 6.07) is 5.03. The van der Waals surface area contributed by atoms with Gasteiger partial charge in [-0.05, 0) is 40.0 Å². The number of hydrogen-bond donors (Lipinski definition) is 0. The fourth-order valence-corrected chi connectivity index (χ4v) is 3.80. The quantitative estimate of drug-likeness (QED) is 0.846. The van der Waals surface area contributed by atoms with Crippen molar-refractivity contribution in [2.45, 2.75) is 53.0 Å². The highest BCUT2D eigenvalue weighted by molar-refractivity contribution is 7.11. The van der Waals surface area contributed by atoms with Crippen molar-refractivity contribution in [2.24, 2.45) is 0 Å². The second kappa shape index (κ2) is 6.52. The van der Waals surface area contributed by atoms with E-state index in [2.05, 4.69) is 65.5 Å². The fraction of sp³-hybridized carbons (Fsp3) is 0.588. The number of imidazole rings is 1. The highest BCUT2D eigenvalue weighted by atomic mass is 32.1. The van der Waals surface area contributed by atoms with E-state index in [1.54, 1.807) is 0 Å². The Bertz CT molecular complexity index is 628. The van der Waals surface area contributed by atoms with Gasteiger partial charge >= 0.3 is 0 Å². The maximum atomic E-state index is 4.66. The van der Waals surface area contributed by atoms with Crippen LogP contribution in [0.25, 0.3) is 0 Å². The molecular formula is C17H26N4S. The van der Waals surface area contributed by atoms with Crippen molar-refractivity contribution in [1.29, 1.82) is 0 Å². The van der Waals surface area contributed by atoms with Crippen LogP contribution in [-0.2, 0) is 26.2 Å². The summed E-state index contributed by atoms with van der Waals surface area (Å²) >= 11 is 1.90. The van der Waals surface area contributed by atoms with Gasteiger partial charge in [-0.3, -0.25) is 9.80 Å². The molecule has 0 spiro atoms. The summed E-state index contributed by atoms with van der Waals surface area (Å²) in [6.45, 7) is 11.8. The van der Waals surface area contributed by atoms with E-state index in [1.165, 1.54) is 21.3 Å². The van der Waals surface area contributed by atoms with Crippen LogP contribution in [0.2, 0.25) is 0 Å². The van der Waals surface area contributed by atoms with E-state index in [9.17, 15) is 0 Å². The molecular weight excluding hydrogens is 292 g/mol. The number of hydrogen-bond acceptors (Lipinski definition) is 4. The van der Waals surface area contributed by atoms with Crippen LogP contribution in [0, 0.1) is 6.92 Å². The van der Waals surface area contributed by atoms with E-state index in [0.717, 1.165) is 32.7 Å². The largest absolute Gasteiger partial charge is 0.328 e. The van der Waals surface area contributed by atoms with Gasteiger partial charge in [-0.15, -0.1) is 11.3 Å². The Morgan fingerprint density at radius 2 is 2.14 bits per heavy atom. The second-order valence-corrected chi connectivity index (χ2v) is 7.92. The molecule has 22 heavy (non-hydrogen) atoms. The van der Waals surface area contributed by atoms with E-state index >= 15 is 0 Å². The summed E-state index contributed by atoms with van der Waals surface area (Å²) in [6.07, 6.45) is 2.06. The van der Waals surface area contributed by atoms with Gasteiger partial charge in [0.1, 0.15) is 5.82 Å². The highest BCUT2D eigenvalue weighted by Gasteiger charge is 2.21. The van der Waals surface area contributed by atoms with Crippen molar-refractivity contribution in [1.82, 2.24) is 19.4 Å². The lowest BCUT2D eigenvalue weighted by Crippen LogP contribution is -2.35. The van der Waals surface area contributed by atoms with Crippen molar-refractivity contribution < 1.29 is 0 Å². The molecule has 2 aromatic heterocycles. The van der Waals surface area contributed by atoms with Gasteiger partial charge in [-0.2, -0.15) is 0 Å². The Hall–Kier alpha value is -1.17. The molecule has 0 radical (unpaired) electrons. The molecule has 1 aliphatic heterocycles. The third-order valence-electron chi connectivity index (χ3n) is 4.49. The molecule has 0 amide bonds. The van der Waals surface area contributed by atoms with Crippen LogP contribution in [-0.4, -0.2) is 39.0 Å². The molecule has 0 unspecified atom stereocenters. The minimum Gasteiger partial charge on any atom is -0.328 e. The molecule has 4 nitrogen and oxygen atoms in total. The van der Waals surface area contributed by atoms with Gasteiger partial charge in [0.15, 0.2) is 0 Å². The lowest BCUT2D eigenvalue weighted by molar-refractivity contribution is 0.202. The summed E-state index contributed by atoms with van der Waals surface area (Å²) in [5, 5.41) is 0. The number of nitrogens with zero attached hydrogens (tertiary/aromatic N) is 4. The van der Waals surface area contributed by atoms with Crippen LogP contribution in [0.15, 0.2) is 18.3 Å². The van der Waals surface area contributed by atoms with Gasteiger partial charge in [0, 0.05) is 48.2 Å². The van der Waals surface area contributed by atoms with Crippen LogP contribution >= 0.6 is 11.3 Å². The zero-order chi connectivity index (χ0) is 15.7. The minimum absolute atomic E-state index is 0.563. The lowest BCUT2D eigenvalue weighted by Gasteiger charge is -2.29. The van der Waals surface area contributed by atoms with Gasteiger partial charge < -0.3 is 4.57 Å². The van der Waals surface area contributed by atoms with Crippen LogP contribution in [0.3, 0.4) is 0 Å². The first-order chi connectivity index (χ1) is 10.5. The number of rotatable bonds is 5. The molecule has 0 saturated heterocycles. The molecule has 3 rings (SSSR count). The van der Waals surface area contributed by atoms with Gasteiger partial charge in [0.05, 0.1) is 12.2 Å². The van der Waals surface area contributed by atoms with Crippen molar-refractivity contribution in [3.63, 3.8) is 0 Å². The average molecular weight is 318 g/mol. The van der Waals surface area contributed by atoms with Gasteiger partial charge in [0.25, 0.3) is 0 Å². The molecule has 2 aromatic rings. The van der Waals surface area contributed by atoms with Gasteiger partial charge in [-0.25, -0.2) is 4.98 Å². The van der Waals surface area contributed by atoms with E-state index in [0.29, 0.717) is 6.04 Å². The topological polar surface area (TPSA) is 24.3 Å². The Labute approximate surface area is 137 Å². The Balaban J connectivity index is 1.65. The zero-order valence-electron chi connectivity index (χ0n) is 14.0. The summed E-state index contributed by atoms with van der Waals surface area (Å²) in [7, 11) is 2.18. The molecule has 0 bridgehead atoms. The minimum atomic E-state index is 0.563. The third-order valence-corrected chi connectivity index (χ3v) is 5.48. The van der Waals surface area contributed by atoms with Crippen molar-refractivity contribution >= 4 is 11.3 Å². The molecule has 3 heterocycles. The van der Waals surface area contributed by atoms with E-state index in [1.807, 2.05) is 11.3 Å². The zero-order valence-corrected chi connectivity index (χ0v) is 14.9. The van der Waals surface area contributed by atoms with Crippen LogP contribution < -0.4 is 0 Å². The molecule has 120 valence electrons. The van der Waals surface area contributed by atoms with Crippen LogP contribution in [0.1, 0.15) is 35.1 Å². The summed E-state index contributed by atoms with van der Waals surface area (Å²) in [5.41, 5.74) is 1.35. The molecule has 0 atom stereocenters. The number of fused-ring (bicyclic) bond motifs is 1. The fourth-order valence-electron chi connectivity index (χ4n) is 2.86. The standard InChI is InChI=1S/C17H26N4S/c1-13(2)19(4)10-15-9-18-17-12-20(7-8-21(15)17)11-16-6-5-14(3)22-16/h5-6,9,13H,7-8,10-12H2,1-4H3. The van der Waals surface area contributed by atoms with E-state index < -0.39 is 0 Å². The summed E-state index contributed by atoms with van der Waals surface area (Å²) in [4.78, 5) is 12.4. The predicted molar refractivity (Wildman–Crippen MR) is 92.0 cm³/mol. The van der Waals surface area contributed by atoms with E-state index in [-0.39, 0.29) is 0 Å². The summed E-state index contributed by atoms with van der Waals surface area (Å²) in [5.74, 6) is 1.21. The SMILES string of the molecule is Cc1ccc(CN2CCn3c(CN(C)C(C)C)cnc3C2)s1. The molecule has 0 aliphatic carbocycles. The average Bonchev–Trinajstić information content (AvgIpc) is 3.05. The molecule has 0 aromatic carbocycles. The van der Waals surface area contributed by atoms with Crippen molar-refractivity contribution in [3.05, 3.63) is 39.6 Å². The van der Waals surface area contributed by atoms with E-state index in [4.69, 9.17) is 0 Å². The first-order valence-electron chi connectivity index (χ1n) is 8.04. The van der Waals surface area contributed by atoms with Crippen LogP contribution in [0.5, 0.6) is 0 Å². The van der Waals surface area contributed by atoms with Gasteiger partial charge in [0.2, 0.25) is 0 Å². The monoisotopic (exact) mass is 318 g/mol. The first-order valence-corrected chi connectivity index (χ1v) is 8.86. The highest BCUT2D eigenvalue weighted by Crippen LogP contribution is 2.21. The number of aryl methyl sites for hydroxylation is 1. The Morgan fingerprint density at radius 1 is 1.32 bits per heavy atom. The maximum Gasteiger partial charge on any atom is 0.123 e. The smallest absolute Gasteiger partial charge is 0.123 e. The second-order valence-electron chi connectivity index (χ2n) is 6.55.